The summed E-state index contributed by atoms with van der Waals surface area (Å²) >= 11 is 3.61. The molecule has 0 unspecified atom stereocenters. The zero-order valence-corrected chi connectivity index (χ0v) is 12.9. The SMILES string of the molecule is Cc1ccc(CNc2ccc(Br)c3ccccc23)cc1. The number of hydrogen-bond acceptors (Lipinski definition) is 1. The van der Waals surface area contributed by atoms with Crippen LogP contribution in [0, 0.1) is 6.92 Å². The zero-order chi connectivity index (χ0) is 13.9. The molecule has 2 heteroatoms. The van der Waals surface area contributed by atoms with Gasteiger partial charge in [-0.25, -0.2) is 0 Å². The van der Waals surface area contributed by atoms with Gasteiger partial charge in [0.15, 0.2) is 0 Å². The van der Waals surface area contributed by atoms with Crippen molar-refractivity contribution in [2.75, 3.05) is 5.32 Å². The first kappa shape index (κ1) is 13.2. The van der Waals surface area contributed by atoms with Gasteiger partial charge in [0.25, 0.3) is 0 Å². The fourth-order valence-corrected chi connectivity index (χ4v) is 2.80. The Balaban J connectivity index is 1.88. The molecule has 0 saturated carbocycles. The lowest BCUT2D eigenvalue weighted by atomic mass is 10.1. The molecule has 3 aromatic rings. The Morgan fingerprint density at radius 3 is 2.30 bits per heavy atom. The second kappa shape index (κ2) is 5.68. The van der Waals surface area contributed by atoms with Crippen LogP contribution in [0.1, 0.15) is 11.1 Å². The zero-order valence-electron chi connectivity index (χ0n) is 11.4. The lowest BCUT2D eigenvalue weighted by Gasteiger charge is -2.11. The molecule has 1 N–H and O–H groups in total. The molecule has 0 aliphatic heterocycles. The van der Waals surface area contributed by atoms with Crippen molar-refractivity contribution < 1.29 is 0 Å². The molecule has 3 aromatic carbocycles. The second-order valence-corrected chi connectivity index (χ2v) is 5.83. The molecule has 0 atom stereocenters. The van der Waals surface area contributed by atoms with Crippen molar-refractivity contribution in [3.8, 4) is 0 Å². The molecule has 100 valence electrons. The van der Waals surface area contributed by atoms with Gasteiger partial charge in [-0.1, -0.05) is 70.0 Å². The topological polar surface area (TPSA) is 12.0 Å². The van der Waals surface area contributed by atoms with Gasteiger partial charge in [0.1, 0.15) is 0 Å². The van der Waals surface area contributed by atoms with Crippen molar-refractivity contribution in [1.82, 2.24) is 0 Å². The second-order valence-electron chi connectivity index (χ2n) is 4.98. The highest BCUT2D eigenvalue weighted by molar-refractivity contribution is 9.10. The van der Waals surface area contributed by atoms with E-state index in [1.54, 1.807) is 0 Å². The third kappa shape index (κ3) is 2.70. The standard InChI is InChI=1S/C18H16BrN/c1-13-6-8-14(9-7-13)12-20-18-11-10-17(19)15-4-2-3-5-16(15)18/h2-11,20H,12H2,1H3. The van der Waals surface area contributed by atoms with E-state index in [2.05, 4.69) is 88.8 Å². The number of aryl methyl sites for hydroxylation is 1. The quantitative estimate of drug-likeness (QED) is 0.668. The summed E-state index contributed by atoms with van der Waals surface area (Å²) in [5, 5.41) is 6.01. The third-order valence-electron chi connectivity index (χ3n) is 3.47. The molecule has 1 nitrogen and oxygen atoms in total. The van der Waals surface area contributed by atoms with Gasteiger partial charge in [-0.15, -0.1) is 0 Å². The molecule has 0 aliphatic carbocycles. The van der Waals surface area contributed by atoms with Gasteiger partial charge < -0.3 is 5.32 Å². The van der Waals surface area contributed by atoms with E-state index in [4.69, 9.17) is 0 Å². The van der Waals surface area contributed by atoms with E-state index >= 15 is 0 Å². The Morgan fingerprint density at radius 2 is 1.55 bits per heavy atom. The minimum atomic E-state index is 0.839. The highest BCUT2D eigenvalue weighted by Gasteiger charge is 2.03. The molecule has 0 bridgehead atoms. The van der Waals surface area contributed by atoms with E-state index in [1.165, 1.54) is 27.6 Å². The first-order chi connectivity index (χ1) is 9.74. The Hall–Kier alpha value is -1.80. The molecule has 0 radical (unpaired) electrons. The van der Waals surface area contributed by atoms with Crippen molar-refractivity contribution in [3.05, 3.63) is 76.3 Å². The van der Waals surface area contributed by atoms with Crippen LogP contribution in [0.2, 0.25) is 0 Å². The first-order valence-corrected chi connectivity index (χ1v) is 7.50. The van der Waals surface area contributed by atoms with Gasteiger partial charge in [0.05, 0.1) is 0 Å². The summed E-state index contributed by atoms with van der Waals surface area (Å²) in [6, 6.07) is 21.3. The maximum absolute atomic E-state index is 3.61. The highest BCUT2D eigenvalue weighted by Crippen LogP contribution is 2.30. The lowest BCUT2D eigenvalue weighted by Crippen LogP contribution is -2.00. The van der Waals surface area contributed by atoms with Crippen molar-refractivity contribution in [3.63, 3.8) is 0 Å². The van der Waals surface area contributed by atoms with Crippen LogP contribution < -0.4 is 5.32 Å². The van der Waals surface area contributed by atoms with Crippen molar-refractivity contribution >= 4 is 32.4 Å². The number of halogens is 1. The van der Waals surface area contributed by atoms with E-state index in [0.29, 0.717) is 0 Å². The number of rotatable bonds is 3. The summed E-state index contributed by atoms with van der Waals surface area (Å²) in [5.41, 5.74) is 3.76. The molecule has 0 saturated heterocycles. The molecular weight excluding hydrogens is 310 g/mol. The van der Waals surface area contributed by atoms with Crippen LogP contribution in [-0.4, -0.2) is 0 Å². The van der Waals surface area contributed by atoms with E-state index in [-0.39, 0.29) is 0 Å². The normalized spacial score (nSPS) is 10.7. The predicted octanol–water partition coefficient (Wildman–Crippen LogP) is 5.52. The van der Waals surface area contributed by atoms with Crippen LogP contribution in [0.5, 0.6) is 0 Å². The molecule has 0 aromatic heterocycles. The molecular formula is C18H16BrN. The smallest absolute Gasteiger partial charge is 0.0423 e. The maximum atomic E-state index is 3.61. The van der Waals surface area contributed by atoms with E-state index in [9.17, 15) is 0 Å². The van der Waals surface area contributed by atoms with Gasteiger partial charge in [-0.05, 0) is 30.0 Å². The van der Waals surface area contributed by atoms with E-state index in [0.717, 1.165) is 11.0 Å². The molecule has 0 spiro atoms. The summed E-state index contributed by atoms with van der Waals surface area (Å²) in [4.78, 5) is 0. The number of nitrogens with one attached hydrogen (secondary N) is 1. The van der Waals surface area contributed by atoms with Gasteiger partial charge >= 0.3 is 0 Å². The molecule has 20 heavy (non-hydrogen) atoms. The van der Waals surface area contributed by atoms with Crippen molar-refractivity contribution in [2.24, 2.45) is 0 Å². The molecule has 0 fully saturated rings. The van der Waals surface area contributed by atoms with Crippen LogP contribution >= 0.6 is 15.9 Å². The molecule has 0 amide bonds. The van der Waals surface area contributed by atoms with Crippen LogP contribution in [-0.2, 0) is 6.54 Å². The fraction of sp³-hybridized carbons (Fsp3) is 0.111. The van der Waals surface area contributed by atoms with Crippen LogP contribution in [0.25, 0.3) is 10.8 Å². The van der Waals surface area contributed by atoms with Gasteiger partial charge in [-0.3, -0.25) is 0 Å². The number of fused-ring (bicyclic) bond motifs is 1. The summed E-state index contributed by atoms with van der Waals surface area (Å²) in [6.45, 7) is 2.95. The third-order valence-corrected chi connectivity index (χ3v) is 4.17. The minimum Gasteiger partial charge on any atom is -0.380 e. The largest absolute Gasteiger partial charge is 0.380 e. The summed E-state index contributed by atoms with van der Waals surface area (Å²) in [7, 11) is 0. The predicted molar refractivity (Wildman–Crippen MR) is 90.2 cm³/mol. The highest BCUT2D eigenvalue weighted by atomic mass is 79.9. The van der Waals surface area contributed by atoms with Gasteiger partial charge in [-0.2, -0.15) is 0 Å². The van der Waals surface area contributed by atoms with E-state index < -0.39 is 0 Å². The van der Waals surface area contributed by atoms with E-state index in [1.807, 2.05) is 0 Å². The minimum absolute atomic E-state index is 0.839. The molecule has 0 aliphatic rings. The number of benzene rings is 3. The Kier molecular flexibility index (Phi) is 3.75. The van der Waals surface area contributed by atoms with Crippen LogP contribution in [0.4, 0.5) is 5.69 Å². The fourth-order valence-electron chi connectivity index (χ4n) is 2.32. The first-order valence-electron chi connectivity index (χ1n) is 6.71. The molecule has 0 heterocycles. The van der Waals surface area contributed by atoms with Gasteiger partial charge in [0, 0.05) is 22.1 Å². The van der Waals surface area contributed by atoms with Crippen LogP contribution in [0.3, 0.4) is 0 Å². The summed E-state index contributed by atoms with van der Waals surface area (Å²) in [5.74, 6) is 0. The summed E-state index contributed by atoms with van der Waals surface area (Å²) < 4.78 is 1.13. The monoisotopic (exact) mass is 325 g/mol. The van der Waals surface area contributed by atoms with Gasteiger partial charge in [0.2, 0.25) is 0 Å². The van der Waals surface area contributed by atoms with Crippen molar-refractivity contribution in [1.29, 1.82) is 0 Å². The van der Waals surface area contributed by atoms with Crippen molar-refractivity contribution in [2.45, 2.75) is 13.5 Å². The number of hydrogen-bond donors (Lipinski definition) is 1. The maximum Gasteiger partial charge on any atom is 0.0423 e. The lowest BCUT2D eigenvalue weighted by molar-refractivity contribution is 1.15. The Labute approximate surface area is 127 Å². The number of anilines is 1. The average Bonchev–Trinajstić information content (AvgIpc) is 2.49. The average molecular weight is 326 g/mol. The Bertz CT molecular complexity index is 732. The molecule has 3 rings (SSSR count). The Morgan fingerprint density at radius 1 is 0.850 bits per heavy atom. The van der Waals surface area contributed by atoms with Crippen LogP contribution in [0.15, 0.2) is 65.1 Å². The summed E-state index contributed by atoms with van der Waals surface area (Å²) in [6.07, 6.45) is 0.